The number of hydrogen-bond donors (Lipinski definition) is 1. The highest BCUT2D eigenvalue weighted by molar-refractivity contribution is 5.96. The van der Waals surface area contributed by atoms with Crippen LogP contribution in [0.15, 0.2) is 48.5 Å². The predicted molar refractivity (Wildman–Crippen MR) is 100 cm³/mol. The van der Waals surface area contributed by atoms with Gasteiger partial charge >= 0.3 is 5.97 Å². The molecule has 2 rings (SSSR count). The molecule has 2 aromatic carbocycles. The van der Waals surface area contributed by atoms with E-state index in [0.29, 0.717) is 11.3 Å². The van der Waals surface area contributed by atoms with E-state index in [9.17, 15) is 14.4 Å². The van der Waals surface area contributed by atoms with Crippen molar-refractivity contribution in [2.24, 2.45) is 0 Å². The van der Waals surface area contributed by atoms with Crippen molar-refractivity contribution in [2.45, 2.75) is 20.3 Å². The number of nitrogens with zero attached hydrogens (tertiary/aromatic N) is 1. The molecule has 1 N–H and O–H groups in total. The van der Waals surface area contributed by atoms with Crippen molar-refractivity contribution >= 4 is 29.2 Å². The summed E-state index contributed by atoms with van der Waals surface area (Å²) < 4.78 is 4.66. The lowest BCUT2D eigenvalue weighted by Crippen LogP contribution is -2.31. The summed E-state index contributed by atoms with van der Waals surface area (Å²) in [7, 11) is 1.30. The Morgan fingerprint density at radius 3 is 2.38 bits per heavy atom. The molecule has 0 saturated heterocycles. The Bertz CT molecular complexity index is 800. The second-order valence-corrected chi connectivity index (χ2v) is 5.88. The number of carbonyl (C=O) groups excluding carboxylic acids is 3. The van der Waals surface area contributed by atoms with Crippen LogP contribution in [0.4, 0.5) is 11.4 Å². The molecular formula is C20H22N2O4. The fraction of sp³-hybridized carbons (Fsp3) is 0.250. The van der Waals surface area contributed by atoms with Crippen LogP contribution >= 0.6 is 0 Å². The van der Waals surface area contributed by atoms with E-state index >= 15 is 0 Å². The molecule has 2 aromatic rings. The number of ether oxygens (including phenoxy) is 1. The number of methoxy groups -OCH3 is 1. The molecule has 6 nitrogen and oxygen atoms in total. The zero-order valence-corrected chi connectivity index (χ0v) is 15.1. The second kappa shape index (κ2) is 8.80. The van der Waals surface area contributed by atoms with Gasteiger partial charge in [0.15, 0.2) is 0 Å². The van der Waals surface area contributed by atoms with Gasteiger partial charge in [-0.2, -0.15) is 0 Å². The summed E-state index contributed by atoms with van der Waals surface area (Å²) in [6.07, 6.45) is 0.135. The van der Waals surface area contributed by atoms with Crippen LogP contribution in [0, 0.1) is 6.92 Å². The van der Waals surface area contributed by atoms with Gasteiger partial charge in [0.25, 0.3) is 0 Å². The molecule has 0 atom stereocenters. The minimum absolute atomic E-state index is 0.130. The molecule has 0 aliphatic rings. The lowest BCUT2D eigenvalue weighted by Gasteiger charge is -2.21. The van der Waals surface area contributed by atoms with E-state index in [4.69, 9.17) is 0 Å². The Balaban J connectivity index is 1.99. The number of aryl methyl sites for hydroxylation is 1. The van der Waals surface area contributed by atoms with Crippen molar-refractivity contribution in [1.82, 2.24) is 0 Å². The summed E-state index contributed by atoms with van der Waals surface area (Å²) in [4.78, 5) is 37.2. The van der Waals surface area contributed by atoms with Gasteiger partial charge in [-0.1, -0.05) is 23.8 Å². The number of nitrogens with one attached hydrogen (secondary N) is 1. The molecule has 0 saturated carbocycles. The Labute approximate surface area is 152 Å². The average Bonchev–Trinajstić information content (AvgIpc) is 2.62. The molecule has 0 spiro atoms. The Hall–Kier alpha value is -3.15. The summed E-state index contributed by atoms with van der Waals surface area (Å²) in [6.45, 7) is 3.70. The van der Waals surface area contributed by atoms with Crippen molar-refractivity contribution < 1.29 is 19.1 Å². The van der Waals surface area contributed by atoms with Gasteiger partial charge in [-0.25, -0.2) is 4.79 Å². The van der Waals surface area contributed by atoms with Crippen LogP contribution in [0.3, 0.4) is 0 Å². The van der Waals surface area contributed by atoms with Crippen LogP contribution in [-0.2, 0) is 14.3 Å². The van der Waals surface area contributed by atoms with E-state index < -0.39 is 5.97 Å². The second-order valence-electron chi connectivity index (χ2n) is 5.88. The molecule has 0 aliphatic carbocycles. The first-order valence-corrected chi connectivity index (χ1v) is 8.23. The molecule has 0 unspecified atom stereocenters. The fourth-order valence-corrected chi connectivity index (χ4v) is 2.47. The molecule has 26 heavy (non-hydrogen) atoms. The van der Waals surface area contributed by atoms with Gasteiger partial charge in [-0.3, -0.25) is 9.59 Å². The molecule has 0 radical (unpaired) electrons. The highest BCUT2D eigenvalue weighted by Crippen LogP contribution is 2.16. The normalized spacial score (nSPS) is 10.1. The Morgan fingerprint density at radius 1 is 1.08 bits per heavy atom. The first-order chi connectivity index (χ1) is 12.4. The minimum atomic E-state index is -0.469. The van der Waals surface area contributed by atoms with Crippen molar-refractivity contribution in [3.8, 4) is 0 Å². The van der Waals surface area contributed by atoms with E-state index in [1.54, 1.807) is 29.2 Å². The summed E-state index contributed by atoms with van der Waals surface area (Å²) in [5.74, 6) is -0.844. The first kappa shape index (κ1) is 19.2. The number of benzene rings is 2. The highest BCUT2D eigenvalue weighted by atomic mass is 16.5. The van der Waals surface area contributed by atoms with Crippen LogP contribution in [0.5, 0.6) is 0 Å². The number of esters is 1. The molecular weight excluding hydrogens is 332 g/mol. The topological polar surface area (TPSA) is 75.7 Å². The third kappa shape index (κ3) is 5.17. The smallest absolute Gasteiger partial charge is 0.337 e. The van der Waals surface area contributed by atoms with Crippen LogP contribution in [0.1, 0.15) is 29.3 Å². The average molecular weight is 354 g/mol. The van der Waals surface area contributed by atoms with Crippen molar-refractivity contribution in [3.63, 3.8) is 0 Å². The number of anilines is 2. The standard InChI is InChI=1S/C20H22N2O4/c1-14-7-9-18(10-8-14)22(15(2)23)12-11-19(24)21-17-6-4-5-16(13-17)20(25)26-3/h4-10,13H,11-12H2,1-3H3,(H,21,24). The van der Waals surface area contributed by atoms with Gasteiger partial charge < -0.3 is 15.0 Å². The van der Waals surface area contributed by atoms with Crippen molar-refractivity contribution in [2.75, 3.05) is 23.9 Å². The molecule has 0 fully saturated rings. The Morgan fingerprint density at radius 2 is 1.77 bits per heavy atom. The molecule has 136 valence electrons. The van der Waals surface area contributed by atoms with Gasteiger partial charge in [0.1, 0.15) is 0 Å². The summed E-state index contributed by atoms with van der Waals surface area (Å²) in [6, 6.07) is 14.1. The maximum Gasteiger partial charge on any atom is 0.337 e. The van der Waals surface area contributed by atoms with Crippen molar-refractivity contribution in [3.05, 3.63) is 59.7 Å². The Kier molecular flexibility index (Phi) is 6.49. The van der Waals surface area contributed by atoms with E-state index in [-0.39, 0.29) is 24.8 Å². The minimum Gasteiger partial charge on any atom is -0.465 e. The zero-order valence-electron chi connectivity index (χ0n) is 15.1. The van der Waals surface area contributed by atoms with Gasteiger partial charge in [0.2, 0.25) is 11.8 Å². The molecule has 0 bridgehead atoms. The number of rotatable bonds is 6. The van der Waals surface area contributed by atoms with Crippen LogP contribution in [0.2, 0.25) is 0 Å². The number of hydrogen-bond acceptors (Lipinski definition) is 4. The van der Waals surface area contributed by atoms with Gasteiger partial charge in [-0.05, 0) is 37.3 Å². The van der Waals surface area contributed by atoms with E-state index in [0.717, 1.165) is 11.3 Å². The molecule has 2 amide bonds. The predicted octanol–water partition coefficient (Wildman–Crippen LogP) is 3.16. The van der Waals surface area contributed by atoms with Gasteiger partial charge in [-0.15, -0.1) is 0 Å². The summed E-state index contributed by atoms with van der Waals surface area (Å²) in [5.41, 5.74) is 2.71. The summed E-state index contributed by atoms with van der Waals surface area (Å²) >= 11 is 0. The quantitative estimate of drug-likeness (QED) is 0.809. The van der Waals surface area contributed by atoms with Crippen LogP contribution in [-0.4, -0.2) is 31.4 Å². The third-order valence-corrected chi connectivity index (χ3v) is 3.86. The SMILES string of the molecule is COC(=O)c1cccc(NC(=O)CCN(C(C)=O)c2ccc(C)cc2)c1. The molecule has 0 aromatic heterocycles. The maximum absolute atomic E-state index is 12.2. The summed E-state index contributed by atoms with van der Waals surface area (Å²) in [5, 5.41) is 2.73. The van der Waals surface area contributed by atoms with E-state index in [1.165, 1.54) is 14.0 Å². The van der Waals surface area contributed by atoms with Crippen molar-refractivity contribution in [1.29, 1.82) is 0 Å². The highest BCUT2D eigenvalue weighted by Gasteiger charge is 2.14. The van der Waals surface area contributed by atoms with Crippen LogP contribution in [0.25, 0.3) is 0 Å². The fourth-order valence-electron chi connectivity index (χ4n) is 2.47. The monoisotopic (exact) mass is 354 g/mol. The first-order valence-electron chi connectivity index (χ1n) is 8.23. The number of carbonyl (C=O) groups is 3. The lowest BCUT2D eigenvalue weighted by atomic mass is 10.2. The molecule has 0 aliphatic heterocycles. The van der Waals surface area contributed by atoms with E-state index in [1.807, 2.05) is 31.2 Å². The number of amides is 2. The van der Waals surface area contributed by atoms with Gasteiger partial charge in [0.05, 0.1) is 12.7 Å². The maximum atomic E-state index is 12.2. The zero-order chi connectivity index (χ0) is 19.1. The van der Waals surface area contributed by atoms with E-state index in [2.05, 4.69) is 10.1 Å². The largest absolute Gasteiger partial charge is 0.465 e. The van der Waals surface area contributed by atoms with Gasteiger partial charge in [0, 0.05) is 31.3 Å². The third-order valence-electron chi connectivity index (χ3n) is 3.86. The lowest BCUT2D eigenvalue weighted by molar-refractivity contribution is -0.117. The van der Waals surface area contributed by atoms with Crippen LogP contribution < -0.4 is 10.2 Å². The molecule has 0 heterocycles. The molecule has 6 heteroatoms.